The molecule has 1 N–H and O–H groups in total. The average molecular weight is 426 g/mol. The predicted molar refractivity (Wildman–Crippen MR) is 119 cm³/mol. The highest BCUT2D eigenvalue weighted by atomic mass is 32.2. The molecule has 0 unspecified atom stereocenters. The lowest BCUT2D eigenvalue weighted by atomic mass is 9.97. The Balaban J connectivity index is 1.60. The number of hydrogen-bond acceptors (Lipinski definition) is 4. The number of benzene rings is 1. The minimum absolute atomic E-state index is 0.222. The molecule has 0 saturated heterocycles. The Morgan fingerprint density at radius 1 is 1.17 bits per heavy atom. The average Bonchev–Trinajstić information content (AvgIpc) is 3.46. The summed E-state index contributed by atoms with van der Waals surface area (Å²) in [6, 6.07) is 9.38. The van der Waals surface area contributed by atoms with E-state index in [1.165, 1.54) is 4.31 Å². The quantitative estimate of drug-likeness (QED) is 0.662. The van der Waals surface area contributed by atoms with Crippen LogP contribution in [-0.2, 0) is 27.8 Å². The second-order valence-electron chi connectivity index (χ2n) is 7.81. The van der Waals surface area contributed by atoms with Crippen LogP contribution in [-0.4, -0.2) is 36.6 Å². The van der Waals surface area contributed by atoms with Gasteiger partial charge in [0.15, 0.2) is 0 Å². The van der Waals surface area contributed by atoms with Gasteiger partial charge < -0.3 is 0 Å². The molecule has 0 bridgehead atoms. The SMILES string of the molecule is CCN(CC)S(=O)(=O)Nc1ccc(-c2cc(CC(=O)C3CC3)nc3c2C=CC3)cc1. The number of carbonyl (C=O) groups excluding carboxylic acids is 1. The van der Waals surface area contributed by atoms with E-state index in [1.54, 1.807) is 12.1 Å². The maximum atomic E-state index is 12.4. The molecule has 1 fully saturated rings. The zero-order chi connectivity index (χ0) is 21.3. The standard InChI is InChI=1S/C23H27N3O3S/c1-3-26(4-2)30(28,29)25-18-12-10-16(11-13-18)21-14-19(15-23(27)17-8-9-17)24-22-7-5-6-20(21)22/h5-6,10-14,17,25H,3-4,7-9,15H2,1-2H3. The van der Waals surface area contributed by atoms with E-state index in [2.05, 4.69) is 16.9 Å². The van der Waals surface area contributed by atoms with Crippen LogP contribution in [0.1, 0.15) is 43.6 Å². The molecule has 2 aliphatic carbocycles. The highest BCUT2D eigenvalue weighted by Crippen LogP contribution is 2.34. The number of Topliss-reactive ketones (excluding diaryl/α,β-unsaturated/α-hetero) is 1. The Morgan fingerprint density at radius 2 is 1.87 bits per heavy atom. The van der Waals surface area contributed by atoms with Gasteiger partial charge in [-0.2, -0.15) is 12.7 Å². The fourth-order valence-electron chi connectivity index (χ4n) is 3.85. The van der Waals surface area contributed by atoms with E-state index in [0.29, 0.717) is 25.2 Å². The molecule has 30 heavy (non-hydrogen) atoms. The first-order valence-electron chi connectivity index (χ1n) is 10.5. The number of nitrogens with zero attached hydrogens (tertiary/aromatic N) is 2. The Bertz CT molecular complexity index is 1080. The molecular formula is C23H27N3O3S. The summed E-state index contributed by atoms with van der Waals surface area (Å²) in [6.45, 7) is 4.47. The topological polar surface area (TPSA) is 79.4 Å². The van der Waals surface area contributed by atoms with Crippen LogP contribution in [0.15, 0.2) is 36.4 Å². The van der Waals surface area contributed by atoms with Crippen LogP contribution in [0.25, 0.3) is 17.2 Å². The van der Waals surface area contributed by atoms with Crippen molar-refractivity contribution in [2.45, 2.75) is 39.5 Å². The number of ketones is 1. The lowest BCUT2D eigenvalue weighted by Crippen LogP contribution is -2.35. The van der Waals surface area contributed by atoms with E-state index in [-0.39, 0.29) is 11.7 Å². The summed E-state index contributed by atoms with van der Waals surface area (Å²) in [5.41, 5.74) is 5.43. The van der Waals surface area contributed by atoms with Crippen LogP contribution >= 0.6 is 0 Å². The van der Waals surface area contributed by atoms with Crippen molar-refractivity contribution in [3.05, 3.63) is 53.4 Å². The Kier molecular flexibility index (Phi) is 5.75. The van der Waals surface area contributed by atoms with Crippen LogP contribution in [0.3, 0.4) is 0 Å². The fourth-order valence-corrected chi connectivity index (χ4v) is 5.09. The van der Waals surface area contributed by atoms with Gasteiger partial charge in [-0.1, -0.05) is 38.1 Å². The molecule has 0 spiro atoms. The van der Waals surface area contributed by atoms with E-state index < -0.39 is 10.2 Å². The van der Waals surface area contributed by atoms with E-state index in [1.807, 2.05) is 32.0 Å². The van der Waals surface area contributed by atoms with Crippen molar-refractivity contribution in [2.75, 3.05) is 17.8 Å². The number of nitrogens with one attached hydrogen (secondary N) is 1. The number of anilines is 1. The number of rotatable bonds is 9. The molecule has 158 valence electrons. The molecule has 0 atom stereocenters. The van der Waals surface area contributed by atoms with Crippen LogP contribution in [0, 0.1) is 5.92 Å². The van der Waals surface area contributed by atoms with Crippen LogP contribution in [0.5, 0.6) is 0 Å². The first kappa shape index (κ1) is 20.8. The van der Waals surface area contributed by atoms with Crippen molar-refractivity contribution in [2.24, 2.45) is 5.92 Å². The third kappa shape index (κ3) is 4.32. The largest absolute Gasteiger partial charge is 0.301 e. The number of carbonyl (C=O) groups is 1. The highest BCUT2D eigenvalue weighted by Gasteiger charge is 2.30. The molecule has 0 aliphatic heterocycles. The van der Waals surface area contributed by atoms with E-state index in [0.717, 1.165) is 47.3 Å². The van der Waals surface area contributed by atoms with Gasteiger partial charge in [0.05, 0.1) is 5.69 Å². The summed E-state index contributed by atoms with van der Waals surface area (Å²) in [7, 11) is -3.56. The second kappa shape index (κ2) is 8.32. The Hall–Kier alpha value is -2.51. The van der Waals surface area contributed by atoms with Crippen molar-refractivity contribution in [1.29, 1.82) is 0 Å². The van der Waals surface area contributed by atoms with Crippen LogP contribution in [0.4, 0.5) is 5.69 Å². The maximum absolute atomic E-state index is 12.4. The minimum Gasteiger partial charge on any atom is -0.299 e. The zero-order valence-corrected chi connectivity index (χ0v) is 18.2. The van der Waals surface area contributed by atoms with Gasteiger partial charge in [-0.25, -0.2) is 0 Å². The normalized spacial score (nSPS) is 15.4. The third-order valence-corrected chi connectivity index (χ3v) is 7.35. The monoisotopic (exact) mass is 425 g/mol. The first-order valence-corrected chi connectivity index (χ1v) is 12.0. The lowest BCUT2D eigenvalue weighted by Gasteiger charge is -2.19. The van der Waals surface area contributed by atoms with Gasteiger partial charge in [0.2, 0.25) is 0 Å². The molecule has 0 radical (unpaired) electrons. The first-order chi connectivity index (χ1) is 14.4. The summed E-state index contributed by atoms with van der Waals surface area (Å²) < 4.78 is 28.9. The molecule has 0 amide bonds. The second-order valence-corrected chi connectivity index (χ2v) is 9.48. The Morgan fingerprint density at radius 3 is 2.50 bits per heavy atom. The zero-order valence-electron chi connectivity index (χ0n) is 17.4. The molecule has 4 rings (SSSR count). The maximum Gasteiger partial charge on any atom is 0.301 e. The number of allylic oxidation sites excluding steroid dienone is 1. The number of fused-ring (bicyclic) bond motifs is 1. The molecule has 2 aliphatic rings. The van der Waals surface area contributed by atoms with Crippen LogP contribution in [0.2, 0.25) is 0 Å². The van der Waals surface area contributed by atoms with Crippen LogP contribution < -0.4 is 4.72 Å². The molecule has 1 saturated carbocycles. The van der Waals surface area contributed by atoms with Crippen molar-refractivity contribution in [3.8, 4) is 11.1 Å². The number of pyridine rings is 1. The minimum atomic E-state index is -3.56. The molecule has 2 aromatic rings. The highest BCUT2D eigenvalue weighted by molar-refractivity contribution is 7.90. The molecule has 1 heterocycles. The van der Waals surface area contributed by atoms with Crippen molar-refractivity contribution in [1.82, 2.24) is 9.29 Å². The summed E-state index contributed by atoms with van der Waals surface area (Å²) in [5, 5.41) is 0. The fraction of sp³-hybridized carbons (Fsp3) is 0.391. The lowest BCUT2D eigenvalue weighted by molar-refractivity contribution is -0.119. The molecule has 1 aromatic carbocycles. The van der Waals surface area contributed by atoms with Gasteiger partial charge >= 0.3 is 10.2 Å². The summed E-state index contributed by atoms with van der Waals surface area (Å²) in [4.78, 5) is 17.0. The predicted octanol–water partition coefficient (Wildman–Crippen LogP) is 3.84. The van der Waals surface area contributed by atoms with E-state index in [4.69, 9.17) is 4.98 Å². The van der Waals surface area contributed by atoms with Crippen molar-refractivity contribution in [3.63, 3.8) is 0 Å². The molecule has 7 heteroatoms. The summed E-state index contributed by atoms with van der Waals surface area (Å²) in [5.74, 6) is 0.500. The van der Waals surface area contributed by atoms with Gasteiger partial charge in [0, 0.05) is 48.8 Å². The van der Waals surface area contributed by atoms with Gasteiger partial charge in [-0.05, 0) is 42.2 Å². The van der Waals surface area contributed by atoms with Gasteiger partial charge in [0.25, 0.3) is 0 Å². The van der Waals surface area contributed by atoms with Gasteiger partial charge in [0.1, 0.15) is 5.78 Å². The van der Waals surface area contributed by atoms with Crippen molar-refractivity contribution < 1.29 is 13.2 Å². The number of aromatic nitrogens is 1. The van der Waals surface area contributed by atoms with Crippen molar-refractivity contribution >= 4 is 27.8 Å². The molecule has 6 nitrogen and oxygen atoms in total. The molecule has 1 aromatic heterocycles. The van der Waals surface area contributed by atoms with E-state index in [9.17, 15) is 13.2 Å². The molecular weight excluding hydrogens is 398 g/mol. The van der Waals surface area contributed by atoms with Gasteiger partial charge in [-0.15, -0.1) is 0 Å². The smallest absolute Gasteiger partial charge is 0.299 e. The Labute approximate surface area is 178 Å². The number of hydrogen-bond donors (Lipinski definition) is 1. The summed E-state index contributed by atoms with van der Waals surface area (Å²) >= 11 is 0. The third-order valence-electron chi connectivity index (χ3n) is 5.66. The summed E-state index contributed by atoms with van der Waals surface area (Å²) in [6.07, 6.45) is 7.32. The van der Waals surface area contributed by atoms with Gasteiger partial charge in [-0.3, -0.25) is 14.5 Å². The van der Waals surface area contributed by atoms with E-state index >= 15 is 0 Å².